The van der Waals surface area contributed by atoms with Gasteiger partial charge in [-0.25, -0.2) is 0 Å². The molecule has 0 N–H and O–H groups in total. The maximum Gasteiger partial charge on any atom is 0.0871 e. The Balaban J connectivity index is 1.76. The predicted octanol–water partition coefficient (Wildman–Crippen LogP) is 4.21. The molecule has 2 atom stereocenters. The summed E-state index contributed by atoms with van der Waals surface area (Å²) >= 11 is 3.85. The summed E-state index contributed by atoms with van der Waals surface area (Å²) in [6, 6.07) is 6.11. The number of nitrogens with zero attached hydrogens (tertiary/aromatic N) is 1. The average Bonchev–Trinajstić information content (AvgIpc) is 2.92. The SMILES string of the molecule is CN1C2C=C(c3cc4ccsc4s3)CC1CC2. The number of hydrogen-bond acceptors (Lipinski definition) is 3. The van der Waals surface area contributed by atoms with Gasteiger partial charge >= 0.3 is 0 Å². The molecule has 0 amide bonds. The zero-order chi connectivity index (χ0) is 11.4. The monoisotopic (exact) mass is 261 g/mol. The Labute approximate surface area is 109 Å². The molecule has 2 unspecified atom stereocenters. The molecule has 2 bridgehead atoms. The molecule has 3 heteroatoms. The molecule has 2 aromatic heterocycles. The van der Waals surface area contributed by atoms with Crippen molar-refractivity contribution >= 4 is 37.6 Å². The van der Waals surface area contributed by atoms with Gasteiger partial charge in [-0.3, -0.25) is 4.90 Å². The third-order valence-electron chi connectivity index (χ3n) is 4.21. The van der Waals surface area contributed by atoms with E-state index in [0.717, 1.165) is 6.04 Å². The Bertz CT molecular complexity index is 564. The van der Waals surface area contributed by atoms with Crippen LogP contribution in [0.2, 0.25) is 0 Å². The molecule has 1 nitrogen and oxygen atoms in total. The lowest BCUT2D eigenvalue weighted by atomic mass is 10.0. The highest BCUT2D eigenvalue weighted by molar-refractivity contribution is 7.38. The van der Waals surface area contributed by atoms with Crippen molar-refractivity contribution in [2.75, 3.05) is 7.05 Å². The molecular formula is C14H15NS2. The maximum absolute atomic E-state index is 2.56. The third-order valence-corrected chi connectivity index (χ3v) is 6.49. The second-order valence-corrected chi connectivity index (χ2v) is 7.36. The molecule has 1 saturated heterocycles. The Morgan fingerprint density at radius 1 is 1.35 bits per heavy atom. The number of hydrogen-bond donors (Lipinski definition) is 0. The molecule has 0 spiro atoms. The van der Waals surface area contributed by atoms with Gasteiger partial charge in [-0.2, -0.15) is 0 Å². The third kappa shape index (κ3) is 1.53. The van der Waals surface area contributed by atoms with Gasteiger partial charge in [0.2, 0.25) is 0 Å². The second-order valence-electron chi connectivity index (χ2n) is 5.13. The fourth-order valence-corrected chi connectivity index (χ4v) is 5.29. The summed E-state index contributed by atoms with van der Waals surface area (Å²) in [5, 5.41) is 3.62. The minimum absolute atomic E-state index is 0.698. The van der Waals surface area contributed by atoms with E-state index in [9.17, 15) is 0 Å². The molecule has 4 heterocycles. The van der Waals surface area contributed by atoms with Crippen molar-refractivity contribution in [2.45, 2.75) is 31.3 Å². The Kier molecular flexibility index (Phi) is 2.23. The Morgan fingerprint density at radius 3 is 3.12 bits per heavy atom. The van der Waals surface area contributed by atoms with Crippen LogP contribution in [0, 0.1) is 0 Å². The highest BCUT2D eigenvalue weighted by Gasteiger charge is 2.34. The molecule has 2 aromatic rings. The van der Waals surface area contributed by atoms with Crippen LogP contribution in [0.5, 0.6) is 0 Å². The van der Waals surface area contributed by atoms with E-state index in [-0.39, 0.29) is 0 Å². The summed E-state index contributed by atoms with van der Waals surface area (Å²) in [5.41, 5.74) is 1.60. The highest BCUT2D eigenvalue weighted by Crippen LogP contribution is 2.41. The molecule has 0 radical (unpaired) electrons. The maximum atomic E-state index is 2.56. The zero-order valence-corrected chi connectivity index (χ0v) is 11.5. The molecule has 88 valence electrons. The fraction of sp³-hybridized carbons (Fsp3) is 0.429. The van der Waals surface area contributed by atoms with E-state index in [1.165, 1.54) is 33.5 Å². The normalized spacial score (nSPS) is 28.9. The van der Waals surface area contributed by atoms with E-state index in [0.29, 0.717) is 6.04 Å². The van der Waals surface area contributed by atoms with Gasteiger partial charge in [0, 0.05) is 22.3 Å². The molecule has 0 saturated carbocycles. The summed E-state index contributed by atoms with van der Waals surface area (Å²) < 4.78 is 1.48. The van der Waals surface area contributed by atoms with E-state index in [1.54, 1.807) is 5.57 Å². The van der Waals surface area contributed by atoms with Crippen LogP contribution in [0.1, 0.15) is 24.1 Å². The van der Waals surface area contributed by atoms with Crippen molar-refractivity contribution in [3.8, 4) is 0 Å². The lowest BCUT2D eigenvalue weighted by molar-refractivity contribution is 0.264. The number of likely N-dealkylation sites (N-methyl/N-ethyl adjacent to an activating group) is 1. The van der Waals surface area contributed by atoms with E-state index in [2.05, 4.69) is 35.5 Å². The minimum Gasteiger partial charge on any atom is -0.297 e. The number of thiophene rings is 2. The van der Waals surface area contributed by atoms with Crippen molar-refractivity contribution in [3.63, 3.8) is 0 Å². The topological polar surface area (TPSA) is 3.24 Å². The Morgan fingerprint density at radius 2 is 2.29 bits per heavy atom. The molecule has 0 aromatic carbocycles. The van der Waals surface area contributed by atoms with Crippen molar-refractivity contribution < 1.29 is 0 Å². The van der Waals surface area contributed by atoms with Crippen LogP contribution in [-0.2, 0) is 0 Å². The summed E-state index contributed by atoms with van der Waals surface area (Å²) in [4.78, 5) is 4.07. The summed E-state index contributed by atoms with van der Waals surface area (Å²) in [5.74, 6) is 0. The van der Waals surface area contributed by atoms with Gasteiger partial charge in [0.1, 0.15) is 0 Å². The molecule has 2 aliphatic rings. The van der Waals surface area contributed by atoms with Gasteiger partial charge in [-0.15, -0.1) is 22.7 Å². The van der Waals surface area contributed by atoms with Crippen LogP contribution in [0.25, 0.3) is 15.0 Å². The lowest BCUT2D eigenvalue weighted by Crippen LogP contribution is -2.34. The van der Waals surface area contributed by atoms with Crippen molar-refractivity contribution in [1.29, 1.82) is 0 Å². The molecule has 2 aliphatic heterocycles. The first-order chi connectivity index (χ1) is 8.31. The average molecular weight is 261 g/mol. The smallest absolute Gasteiger partial charge is 0.0871 e. The standard InChI is InChI=1S/C14H15NS2/c1-15-11-2-3-12(15)7-10(6-11)13-8-9-4-5-16-14(9)17-13/h4-6,8,11-12H,2-3,7H2,1H3. The van der Waals surface area contributed by atoms with Crippen molar-refractivity contribution in [3.05, 3.63) is 28.5 Å². The van der Waals surface area contributed by atoms with Gasteiger partial charge < -0.3 is 0 Å². The molecule has 17 heavy (non-hydrogen) atoms. The fourth-order valence-electron chi connectivity index (χ4n) is 3.15. The molecule has 0 aliphatic carbocycles. The van der Waals surface area contributed by atoms with Gasteiger partial charge in [0.25, 0.3) is 0 Å². The first-order valence-corrected chi connectivity index (χ1v) is 7.91. The van der Waals surface area contributed by atoms with Gasteiger partial charge in [-0.1, -0.05) is 6.08 Å². The van der Waals surface area contributed by atoms with Crippen LogP contribution in [0.3, 0.4) is 0 Å². The Hall–Kier alpha value is -0.640. The number of rotatable bonds is 1. The summed E-state index contributed by atoms with van der Waals surface area (Å²) in [6.45, 7) is 0. The zero-order valence-electron chi connectivity index (χ0n) is 9.85. The van der Waals surface area contributed by atoms with E-state index < -0.39 is 0 Å². The van der Waals surface area contributed by atoms with E-state index in [4.69, 9.17) is 0 Å². The summed E-state index contributed by atoms with van der Waals surface area (Å²) in [6.07, 6.45) is 6.49. The van der Waals surface area contributed by atoms with Crippen molar-refractivity contribution in [2.24, 2.45) is 0 Å². The largest absolute Gasteiger partial charge is 0.297 e. The molecule has 1 fully saturated rings. The first-order valence-electron chi connectivity index (χ1n) is 6.21. The van der Waals surface area contributed by atoms with E-state index >= 15 is 0 Å². The van der Waals surface area contributed by atoms with E-state index in [1.807, 2.05) is 22.7 Å². The second kappa shape index (κ2) is 3.67. The van der Waals surface area contributed by atoms with Crippen LogP contribution >= 0.6 is 22.7 Å². The predicted molar refractivity (Wildman–Crippen MR) is 76.9 cm³/mol. The van der Waals surface area contributed by atoms with Crippen molar-refractivity contribution in [1.82, 2.24) is 4.90 Å². The lowest BCUT2D eigenvalue weighted by Gasteiger charge is -2.29. The minimum atomic E-state index is 0.698. The first kappa shape index (κ1) is 10.3. The molecular weight excluding hydrogens is 246 g/mol. The molecule has 4 rings (SSSR count). The van der Waals surface area contributed by atoms with Gasteiger partial charge in [0.05, 0.1) is 4.01 Å². The van der Waals surface area contributed by atoms with Crippen LogP contribution in [0.4, 0.5) is 0 Å². The van der Waals surface area contributed by atoms with Crippen LogP contribution in [0.15, 0.2) is 23.6 Å². The quantitative estimate of drug-likeness (QED) is 0.743. The van der Waals surface area contributed by atoms with Crippen LogP contribution < -0.4 is 0 Å². The summed E-state index contributed by atoms with van der Waals surface area (Å²) in [7, 11) is 2.28. The highest BCUT2D eigenvalue weighted by atomic mass is 32.2. The van der Waals surface area contributed by atoms with Gasteiger partial charge in [-0.05, 0) is 49.4 Å². The number of fused-ring (bicyclic) bond motifs is 3. The van der Waals surface area contributed by atoms with Crippen LogP contribution in [-0.4, -0.2) is 24.0 Å². The van der Waals surface area contributed by atoms with Gasteiger partial charge in [0.15, 0.2) is 0 Å².